The van der Waals surface area contributed by atoms with E-state index in [1.807, 2.05) is 30.3 Å². The Bertz CT molecular complexity index is 485. The van der Waals surface area contributed by atoms with E-state index in [9.17, 15) is 15.0 Å². The Hall–Kier alpha value is -1.45. The molecule has 1 aromatic rings. The zero-order valence-corrected chi connectivity index (χ0v) is 9.34. The summed E-state index contributed by atoms with van der Waals surface area (Å²) in [5.74, 6) is 0.116. The summed E-state index contributed by atoms with van der Waals surface area (Å²) in [6.45, 7) is 0. The highest BCUT2D eigenvalue weighted by molar-refractivity contribution is 6.24. The normalized spacial score (nSPS) is 32.1. The summed E-state index contributed by atoms with van der Waals surface area (Å²) in [5.41, 5.74) is 2.22. The first-order chi connectivity index (χ1) is 8.18. The van der Waals surface area contributed by atoms with Gasteiger partial charge < -0.3 is 10.2 Å². The van der Waals surface area contributed by atoms with Gasteiger partial charge in [0.15, 0.2) is 5.78 Å². The van der Waals surface area contributed by atoms with E-state index in [1.165, 1.54) is 0 Å². The van der Waals surface area contributed by atoms with Gasteiger partial charge in [-0.3, -0.25) is 4.79 Å². The molecule has 1 saturated carbocycles. The minimum atomic E-state index is -0.873. The van der Waals surface area contributed by atoms with Crippen LogP contribution in [0.15, 0.2) is 35.9 Å². The topological polar surface area (TPSA) is 57.5 Å². The number of fused-ring (bicyclic) bond motifs is 1. The monoisotopic (exact) mass is 230 g/mol. The largest absolute Gasteiger partial charge is 0.390 e. The number of ketones is 1. The number of hydrogen-bond donors (Lipinski definition) is 2. The number of rotatable bonds is 1. The van der Waals surface area contributed by atoms with Crippen LogP contribution in [0.25, 0.3) is 5.57 Å². The molecule has 3 rings (SSSR count). The van der Waals surface area contributed by atoms with Crippen LogP contribution < -0.4 is 0 Å². The minimum absolute atomic E-state index is 0.0303. The molecule has 2 N–H and O–H groups in total. The van der Waals surface area contributed by atoms with Gasteiger partial charge in [0, 0.05) is 12.0 Å². The molecular formula is C14H14O3. The number of Topliss-reactive ketones (excluding diaryl/α,β-unsaturated/α-hetero) is 1. The zero-order valence-electron chi connectivity index (χ0n) is 9.34. The Morgan fingerprint density at radius 1 is 1.12 bits per heavy atom. The number of carbonyl (C=O) groups excluding carboxylic acids is 1. The Morgan fingerprint density at radius 2 is 1.82 bits per heavy atom. The molecule has 0 radical (unpaired) electrons. The summed E-state index contributed by atoms with van der Waals surface area (Å²) in [5, 5.41) is 19.6. The van der Waals surface area contributed by atoms with E-state index in [4.69, 9.17) is 0 Å². The van der Waals surface area contributed by atoms with Crippen LogP contribution >= 0.6 is 0 Å². The minimum Gasteiger partial charge on any atom is -0.390 e. The van der Waals surface area contributed by atoms with Gasteiger partial charge in [0.25, 0.3) is 0 Å². The Balaban J connectivity index is 2.13. The van der Waals surface area contributed by atoms with Crippen molar-refractivity contribution in [1.82, 2.24) is 0 Å². The third kappa shape index (κ3) is 1.54. The number of aliphatic hydroxyl groups excluding tert-OH is 2. The highest BCUT2D eigenvalue weighted by atomic mass is 16.3. The second-order valence-electron chi connectivity index (χ2n) is 4.77. The van der Waals surface area contributed by atoms with Gasteiger partial charge in [0.1, 0.15) is 6.10 Å². The van der Waals surface area contributed by atoms with Crippen LogP contribution in [-0.4, -0.2) is 28.2 Å². The summed E-state index contributed by atoms with van der Waals surface area (Å²) < 4.78 is 0. The second-order valence-corrected chi connectivity index (χ2v) is 4.77. The van der Waals surface area contributed by atoms with Gasteiger partial charge in [-0.2, -0.15) is 0 Å². The van der Waals surface area contributed by atoms with Crippen molar-refractivity contribution < 1.29 is 15.0 Å². The van der Waals surface area contributed by atoms with Gasteiger partial charge in [-0.15, -0.1) is 0 Å². The number of benzene rings is 1. The van der Waals surface area contributed by atoms with Crippen molar-refractivity contribution in [1.29, 1.82) is 0 Å². The lowest BCUT2D eigenvalue weighted by molar-refractivity contribution is -0.113. The molecule has 0 saturated heterocycles. The second kappa shape index (κ2) is 3.79. The lowest BCUT2D eigenvalue weighted by atomic mass is 9.99. The Labute approximate surface area is 99.4 Å². The molecule has 3 nitrogen and oxygen atoms in total. The van der Waals surface area contributed by atoms with Crippen LogP contribution in [0.4, 0.5) is 0 Å². The van der Waals surface area contributed by atoms with Crippen molar-refractivity contribution in [3.05, 3.63) is 41.5 Å². The van der Waals surface area contributed by atoms with Crippen molar-refractivity contribution in [2.24, 2.45) is 5.92 Å². The van der Waals surface area contributed by atoms with Gasteiger partial charge in [-0.1, -0.05) is 30.3 Å². The lowest BCUT2D eigenvalue weighted by Crippen LogP contribution is -2.20. The molecule has 88 valence electrons. The van der Waals surface area contributed by atoms with E-state index in [2.05, 4.69) is 0 Å². The van der Waals surface area contributed by atoms with E-state index >= 15 is 0 Å². The van der Waals surface area contributed by atoms with E-state index in [0.29, 0.717) is 18.4 Å². The van der Waals surface area contributed by atoms with Crippen molar-refractivity contribution in [3.8, 4) is 0 Å². The molecule has 17 heavy (non-hydrogen) atoms. The average molecular weight is 230 g/mol. The number of hydrogen-bond acceptors (Lipinski definition) is 3. The van der Waals surface area contributed by atoms with Crippen LogP contribution in [0.5, 0.6) is 0 Å². The maximum absolute atomic E-state index is 12.0. The van der Waals surface area contributed by atoms with Crippen LogP contribution in [0.3, 0.4) is 0 Å². The smallest absolute Gasteiger partial charge is 0.164 e. The molecule has 0 aliphatic heterocycles. The summed E-state index contributed by atoms with van der Waals surface area (Å²) in [4.78, 5) is 12.0. The molecule has 3 heteroatoms. The highest BCUT2D eigenvalue weighted by Crippen LogP contribution is 2.45. The fourth-order valence-electron chi connectivity index (χ4n) is 2.96. The van der Waals surface area contributed by atoms with Crippen molar-refractivity contribution >= 4 is 11.4 Å². The third-order valence-electron chi connectivity index (χ3n) is 3.71. The van der Waals surface area contributed by atoms with Crippen molar-refractivity contribution in [2.45, 2.75) is 25.0 Å². The fraction of sp³-hybridized carbons (Fsp3) is 0.357. The van der Waals surface area contributed by atoms with E-state index in [0.717, 1.165) is 11.1 Å². The molecule has 0 bridgehead atoms. The van der Waals surface area contributed by atoms with Gasteiger partial charge in [0.2, 0.25) is 0 Å². The van der Waals surface area contributed by atoms with Gasteiger partial charge in [0.05, 0.1) is 6.10 Å². The van der Waals surface area contributed by atoms with Crippen LogP contribution in [-0.2, 0) is 4.79 Å². The number of allylic oxidation sites excluding steroid dienone is 1. The van der Waals surface area contributed by atoms with Crippen LogP contribution in [0.1, 0.15) is 18.4 Å². The Morgan fingerprint density at radius 3 is 2.53 bits per heavy atom. The average Bonchev–Trinajstić information content (AvgIpc) is 2.77. The number of aliphatic hydroxyl groups is 2. The zero-order chi connectivity index (χ0) is 12.0. The number of carbonyl (C=O) groups is 1. The molecule has 0 spiro atoms. The first-order valence-electron chi connectivity index (χ1n) is 5.87. The third-order valence-corrected chi connectivity index (χ3v) is 3.71. The first kappa shape index (κ1) is 10.7. The molecule has 0 aromatic heterocycles. The summed E-state index contributed by atoms with van der Waals surface area (Å²) in [7, 11) is 0. The van der Waals surface area contributed by atoms with Gasteiger partial charge in [-0.25, -0.2) is 0 Å². The van der Waals surface area contributed by atoms with Crippen LogP contribution in [0.2, 0.25) is 0 Å². The molecule has 1 aromatic carbocycles. The Kier molecular flexibility index (Phi) is 2.38. The van der Waals surface area contributed by atoms with Gasteiger partial charge >= 0.3 is 0 Å². The summed E-state index contributed by atoms with van der Waals surface area (Å²) >= 11 is 0. The molecule has 3 atom stereocenters. The van der Waals surface area contributed by atoms with Crippen molar-refractivity contribution in [3.63, 3.8) is 0 Å². The molecule has 0 heterocycles. The summed E-state index contributed by atoms with van der Waals surface area (Å²) in [6, 6.07) is 9.40. The first-order valence-corrected chi connectivity index (χ1v) is 5.87. The van der Waals surface area contributed by atoms with E-state index < -0.39 is 12.2 Å². The SMILES string of the molecule is O=C1C[C@@H]2C[C@H](O)[C@@H](O)C2=C1c1ccccc1. The molecule has 2 aliphatic rings. The lowest BCUT2D eigenvalue weighted by Gasteiger charge is -2.11. The molecular weight excluding hydrogens is 216 g/mol. The summed E-state index contributed by atoms with van der Waals surface area (Å²) in [6.07, 6.45) is -0.671. The molecule has 0 amide bonds. The van der Waals surface area contributed by atoms with Gasteiger partial charge in [-0.05, 0) is 23.5 Å². The molecule has 0 unspecified atom stereocenters. The molecule has 2 aliphatic carbocycles. The van der Waals surface area contributed by atoms with Crippen molar-refractivity contribution in [2.75, 3.05) is 0 Å². The van der Waals surface area contributed by atoms with Crippen LogP contribution in [0, 0.1) is 5.92 Å². The van der Waals surface area contributed by atoms with E-state index in [1.54, 1.807) is 0 Å². The van der Waals surface area contributed by atoms with E-state index in [-0.39, 0.29) is 11.7 Å². The maximum atomic E-state index is 12.0. The maximum Gasteiger partial charge on any atom is 0.164 e. The predicted octanol–water partition coefficient (Wildman–Crippen LogP) is 1.15. The standard InChI is InChI=1S/C14H14O3/c15-10-6-9-7-11(16)14(17)13(9)12(10)8-4-2-1-3-5-8/h1-5,9,11,14,16-17H,6-7H2/t9-,11+,14-/m1/s1. The molecule has 1 fully saturated rings. The predicted molar refractivity (Wildman–Crippen MR) is 63.1 cm³/mol. The quantitative estimate of drug-likeness (QED) is 0.761. The fourth-order valence-corrected chi connectivity index (χ4v) is 2.96. The highest BCUT2D eigenvalue weighted by Gasteiger charge is 2.45.